The smallest absolute Gasteiger partial charge is 0.306 e. The number of rotatable bonds is 52. The van der Waals surface area contributed by atoms with Gasteiger partial charge in [-0.2, -0.15) is 0 Å². The van der Waals surface area contributed by atoms with Gasteiger partial charge in [-0.25, -0.2) is 4.98 Å². The maximum atomic E-state index is 11.9. The van der Waals surface area contributed by atoms with Crippen molar-refractivity contribution in [2.24, 2.45) is 0 Å². The molecule has 0 spiro atoms. The van der Waals surface area contributed by atoms with Crippen LogP contribution in [0.3, 0.4) is 0 Å². The first kappa shape index (κ1) is 92.5. The maximum Gasteiger partial charge on any atom is 0.306 e. The van der Waals surface area contributed by atoms with E-state index in [0.29, 0.717) is 19.3 Å². The lowest BCUT2D eigenvalue weighted by molar-refractivity contribution is -0.305. The van der Waals surface area contributed by atoms with Gasteiger partial charge in [-0.1, -0.05) is 300 Å². The summed E-state index contributed by atoms with van der Waals surface area (Å²) >= 11 is 0. The summed E-state index contributed by atoms with van der Waals surface area (Å²) in [5.74, 6) is -4.74. The molecule has 19 nitrogen and oxygen atoms in total. The zero-order chi connectivity index (χ0) is 80.4. The fraction of sp³-hybridized carbons (Fsp3) is 0.452. The number of benzene rings is 6. The van der Waals surface area contributed by atoms with Gasteiger partial charge < -0.3 is 52.6 Å². The van der Waals surface area contributed by atoms with Crippen LogP contribution < -0.4 is 5.11 Å². The van der Waals surface area contributed by atoms with Crippen molar-refractivity contribution in [1.29, 1.82) is 0 Å². The Labute approximate surface area is 664 Å². The second-order valence-corrected chi connectivity index (χ2v) is 27.9. The third-order valence-corrected chi connectivity index (χ3v) is 18.4. The number of hydrogen-bond donors (Lipinski definition) is 1. The molecule has 2 heterocycles. The standard InChI is InChI=1S/2C24H42O8.C23H19N.C22H18N2/c2*1-3-5-7-9-11-13-20(25)17-30-18-21(32-24(29)16-15-22(26)27)19-31-23(28)14-12-10-8-6-4-2;1-3-9-19(10-4-1)20-13-15-22(16-14-20)23(24-17-7-8-18-24)21-11-5-2-6-12-21;1-3-7-18(8-4-1)19-11-13-21(14-12-19)22(24-16-15-23-17-24)20-9-5-2-6-10-20/h2*21H,3-19H2,1-2H3,(H,26,27);1-18,23H;1-17,22H/p-1. The van der Waals surface area contributed by atoms with Crippen LogP contribution in [-0.2, 0) is 66.8 Å². The van der Waals surface area contributed by atoms with Crippen LogP contribution in [0.1, 0.15) is 242 Å². The highest BCUT2D eigenvalue weighted by molar-refractivity contribution is 5.80. The number of carboxylic acid groups (broad SMARTS) is 2. The Hall–Kier alpha value is -10.1. The number of esters is 4. The molecule has 19 heteroatoms. The molecule has 4 atom stereocenters. The highest BCUT2D eigenvalue weighted by Gasteiger charge is 2.22. The molecule has 0 bridgehead atoms. The number of aliphatic carboxylic acids is 2. The number of hydrogen-bond acceptors (Lipinski definition) is 16. The first-order valence-electron chi connectivity index (χ1n) is 40.4. The van der Waals surface area contributed by atoms with E-state index in [2.05, 4.69) is 224 Å². The summed E-state index contributed by atoms with van der Waals surface area (Å²) in [7, 11) is 0. The molecule has 0 fully saturated rings. The van der Waals surface area contributed by atoms with Crippen molar-refractivity contribution >= 4 is 47.4 Å². The van der Waals surface area contributed by atoms with E-state index in [1.54, 1.807) is 0 Å². The number of Topliss-reactive ketones (excluding diaryl/α,β-unsaturated/α-hetero) is 2. The Morgan fingerprint density at radius 2 is 0.688 bits per heavy atom. The summed E-state index contributed by atoms with van der Waals surface area (Å²) in [6, 6.07) is 64.3. The third-order valence-electron chi connectivity index (χ3n) is 18.4. The summed E-state index contributed by atoms with van der Waals surface area (Å²) < 4.78 is 35.9. The molecule has 0 saturated heterocycles. The van der Waals surface area contributed by atoms with Gasteiger partial charge in [-0.05, 0) is 88.7 Å². The zero-order valence-electron chi connectivity index (χ0n) is 66.5. The number of carbonyl (C=O) groups excluding carboxylic acids is 7. The van der Waals surface area contributed by atoms with Crippen molar-refractivity contribution < 1.29 is 77.0 Å². The van der Waals surface area contributed by atoms with Gasteiger partial charge in [0.15, 0.2) is 23.8 Å². The van der Waals surface area contributed by atoms with E-state index in [9.17, 15) is 43.5 Å². The number of carbonyl (C=O) groups is 8. The minimum Gasteiger partial charge on any atom is -0.550 e. The summed E-state index contributed by atoms with van der Waals surface area (Å²) in [4.78, 5) is 96.7. The Kier molecular flexibility index (Phi) is 47.8. The number of imidazole rings is 1. The van der Waals surface area contributed by atoms with Crippen molar-refractivity contribution in [1.82, 2.24) is 14.1 Å². The van der Waals surface area contributed by atoms with Gasteiger partial charge in [0.2, 0.25) is 0 Å². The zero-order valence-corrected chi connectivity index (χ0v) is 66.5. The molecule has 4 unspecified atom stereocenters. The fourth-order valence-corrected chi connectivity index (χ4v) is 12.3. The molecule has 0 aliphatic carbocycles. The summed E-state index contributed by atoms with van der Waals surface area (Å²) in [6.45, 7) is 7.72. The first-order valence-corrected chi connectivity index (χ1v) is 40.4. The summed E-state index contributed by atoms with van der Waals surface area (Å²) in [6.07, 6.45) is 28.8. The molecule has 8 aromatic rings. The first-order chi connectivity index (χ1) is 54.6. The monoisotopic (exact) mass is 1530 g/mol. The predicted molar refractivity (Wildman–Crippen MR) is 436 cm³/mol. The molecule has 0 aliphatic rings. The highest BCUT2D eigenvalue weighted by atomic mass is 16.6. The lowest BCUT2D eigenvalue weighted by atomic mass is 9.96. The average molecular weight is 1540 g/mol. The van der Waals surface area contributed by atoms with Crippen molar-refractivity contribution in [2.45, 2.75) is 232 Å². The molecule has 0 radical (unpaired) electrons. The van der Waals surface area contributed by atoms with E-state index in [4.69, 9.17) is 33.5 Å². The minimum atomic E-state index is -1.35. The van der Waals surface area contributed by atoms with Gasteiger partial charge in [0.1, 0.15) is 26.4 Å². The molecule has 604 valence electrons. The Morgan fingerprint density at radius 1 is 0.348 bits per heavy atom. The number of nitrogens with zero attached hydrogens (tertiary/aromatic N) is 3. The van der Waals surface area contributed by atoms with Crippen molar-refractivity contribution in [3.63, 3.8) is 0 Å². The van der Waals surface area contributed by atoms with E-state index in [1.807, 2.05) is 30.9 Å². The number of ketones is 2. The molecular weight excluding hydrogens is 1420 g/mol. The molecule has 6 aromatic carbocycles. The Morgan fingerprint density at radius 3 is 1.04 bits per heavy atom. The molecule has 112 heavy (non-hydrogen) atoms. The fourth-order valence-electron chi connectivity index (χ4n) is 12.3. The van der Waals surface area contributed by atoms with Crippen LogP contribution in [0.5, 0.6) is 0 Å². The largest absolute Gasteiger partial charge is 0.550 e. The van der Waals surface area contributed by atoms with Gasteiger partial charge in [0, 0.05) is 56.4 Å². The second-order valence-electron chi connectivity index (χ2n) is 27.9. The Balaban J connectivity index is 0.000000268. The lowest BCUT2D eigenvalue weighted by Crippen LogP contribution is -2.31. The minimum absolute atomic E-state index is 0.0264. The van der Waals surface area contributed by atoms with Crippen LogP contribution in [0.25, 0.3) is 22.3 Å². The van der Waals surface area contributed by atoms with Gasteiger partial charge >= 0.3 is 29.8 Å². The summed E-state index contributed by atoms with van der Waals surface area (Å²) in [5, 5.41) is 19.2. The Bertz CT molecular complexity index is 3570. The van der Waals surface area contributed by atoms with Crippen molar-refractivity contribution in [3.05, 3.63) is 235 Å². The van der Waals surface area contributed by atoms with E-state index in [1.165, 1.54) is 44.5 Å². The number of carboxylic acids is 2. The molecule has 0 amide bonds. The quantitative estimate of drug-likeness (QED) is 0.0211. The van der Waals surface area contributed by atoms with Gasteiger partial charge in [0.05, 0.1) is 50.9 Å². The topological polar surface area (TPSA) is 258 Å². The normalized spacial score (nSPS) is 11.8. The van der Waals surface area contributed by atoms with Crippen LogP contribution in [0, 0.1) is 0 Å². The molecule has 0 saturated carbocycles. The van der Waals surface area contributed by atoms with E-state index < -0.39 is 42.5 Å². The SMILES string of the molecule is CCCCCCCC(=O)COCC(COC(=O)CCCCCCC)OC(=O)CCC(=O)O.CCCCCCCC(=O)COCC(COC(=O)CCCCCCC)OC(=O)CCC(=O)[O-].c1ccc(-c2ccc(C(c3ccccc3)n3cccc3)cc2)cc1.c1ccc(-c2ccc(C(c3ccccc3)n3ccnc3)cc2)cc1. The van der Waals surface area contributed by atoms with Crippen molar-refractivity contribution in [2.75, 3.05) is 39.6 Å². The third kappa shape index (κ3) is 40.2. The van der Waals surface area contributed by atoms with Crippen LogP contribution in [-0.4, -0.2) is 118 Å². The predicted octanol–water partition coefficient (Wildman–Crippen LogP) is 18.9. The van der Waals surface area contributed by atoms with Gasteiger partial charge in [-0.15, -0.1) is 0 Å². The average Bonchev–Trinajstić information content (AvgIpc) is 1.37. The van der Waals surface area contributed by atoms with E-state index >= 15 is 0 Å². The molecule has 2 aromatic heterocycles. The van der Waals surface area contributed by atoms with E-state index in [0.717, 1.165) is 128 Å². The summed E-state index contributed by atoms with van der Waals surface area (Å²) in [5.41, 5.74) is 10.1. The highest BCUT2D eigenvalue weighted by Crippen LogP contribution is 2.31. The number of unbranched alkanes of at least 4 members (excludes halogenated alkanes) is 16. The maximum absolute atomic E-state index is 11.9. The van der Waals surface area contributed by atoms with Crippen LogP contribution >= 0.6 is 0 Å². The lowest BCUT2D eigenvalue weighted by Gasteiger charge is -2.20. The molecule has 8 rings (SSSR count). The second kappa shape index (κ2) is 57.9. The van der Waals surface area contributed by atoms with Crippen LogP contribution in [0.2, 0.25) is 0 Å². The van der Waals surface area contributed by atoms with Crippen LogP contribution in [0.4, 0.5) is 0 Å². The van der Waals surface area contributed by atoms with Gasteiger partial charge in [0.25, 0.3) is 0 Å². The van der Waals surface area contributed by atoms with E-state index in [-0.39, 0.29) is 101 Å². The molecular formula is C93H120N3O16-. The van der Waals surface area contributed by atoms with Crippen LogP contribution in [0.15, 0.2) is 213 Å². The molecule has 0 aliphatic heterocycles. The van der Waals surface area contributed by atoms with Crippen molar-refractivity contribution in [3.8, 4) is 22.3 Å². The number of ether oxygens (including phenoxy) is 6. The molecule has 1 N–H and O–H groups in total. The number of aromatic nitrogens is 3. The van der Waals surface area contributed by atoms with Gasteiger partial charge in [-0.3, -0.25) is 33.6 Å².